The summed E-state index contributed by atoms with van der Waals surface area (Å²) in [7, 11) is -4.50. The largest absolute Gasteiger partial charge is 0.416 e. The molecule has 1 aliphatic rings. The molecule has 0 aliphatic carbocycles. The maximum absolute atomic E-state index is 13.6. The van der Waals surface area contributed by atoms with Gasteiger partial charge in [-0.1, -0.05) is 54.6 Å². The van der Waals surface area contributed by atoms with E-state index < -0.39 is 75.9 Å². The monoisotopic (exact) mass is 720 g/mol. The van der Waals surface area contributed by atoms with Crippen LogP contribution >= 0.6 is 0 Å². The molecule has 0 bridgehead atoms. The fourth-order valence-corrected chi connectivity index (χ4v) is 7.12. The molecule has 0 radical (unpaired) electrons. The van der Waals surface area contributed by atoms with Crippen LogP contribution in [0.4, 0.5) is 32.3 Å². The van der Waals surface area contributed by atoms with Crippen LogP contribution in [0.3, 0.4) is 0 Å². The van der Waals surface area contributed by atoms with E-state index in [-0.39, 0.29) is 23.5 Å². The summed E-state index contributed by atoms with van der Waals surface area (Å²) >= 11 is 0. The van der Waals surface area contributed by atoms with Crippen LogP contribution in [0.25, 0.3) is 22.2 Å². The molecule has 5 aromatic rings. The number of imidazole rings is 1. The zero-order chi connectivity index (χ0) is 35.8. The molecule has 50 heavy (non-hydrogen) atoms. The summed E-state index contributed by atoms with van der Waals surface area (Å²) in [6, 6.07) is 20.0. The molecule has 1 saturated heterocycles. The highest BCUT2D eigenvalue weighted by atomic mass is 32.2. The van der Waals surface area contributed by atoms with E-state index in [4.69, 9.17) is 4.74 Å². The number of benzene rings is 4. The fraction of sp³-hybridized carbons (Fsp3) is 0.265. The second-order valence-corrected chi connectivity index (χ2v) is 13.4. The molecule has 4 atom stereocenters. The molecule has 1 aliphatic heterocycles. The third-order valence-electron chi connectivity index (χ3n) is 8.44. The first-order valence-corrected chi connectivity index (χ1v) is 16.7. The molecule has 6 rings (SSSR count). The minimum atomic E-state index is -4.69. The van der Waals surface area contributed by atoms with Gasteiger partial charge in [-0.15, -0.1) is 0 Å². The number of aromatic nitrogens is 2. The summed E-state index contributed by atoms with van der Waals surface area (Å²) in [5, 5.41) is 25.0. The Labute approximate surface area is 282 Å². The number of ether oxygens (including phenoxy) is 1. The van der Waals surface area contributed by atoms with Crippen molar-refractivity contribution < 1.29 is 49.7 Å². The van der Waals surface area contributed by atoms with Crippen LogP contribution in [-0.4, -0.2) is 59.6 Å². The maximum Gasteiger partial charge on any atom is 0.416 e. The van der Waals surface area contributed by atoms with Crippen molar-refractivity contribution >= 4 is 27.0 Å². The Morgan fingerprint density at radius 3 is 2.08 bits per heavy atom. The van der Waals surface area contributed by atoms with Gasteiger partial charge < -0.3 is 24.8 Å². The van der Waals surface area contributed by atoms with Crippen molar-refractivity contribution in [2.75, 3.05) is 18.5 Å². The van der Waals surface area contributed by atoms with E-state index in [0.29, 0.717) is 12.1 Å². The molecule has 0 spiro atoms. The van der Waals surface area contributed by atoms with Crippen LogP contribution in [-0.2, 0) is 33.7 Å². The molecular weight excluding hydrogens is 690 g/mol. The minimum Gasteiger partial charge on any atom is -0.394 e. The number of rotatable bonds is 9. The van der Waals surface area contributed by atoms with E-state index in [9.17, 15) is 45.0 Å². The van der Waals surface area contributed by atoms with Crippen molar-refractivity contribution in [1.82, 2.24) is 14.3 Å². The van der Waals surface area contributed by atoms with Gasteiger partial charge in [-0.05, 0) is 59.2 Å². The number of hydrogen-bond donors (Lipinski definition) is 4. The highest BCUT2D eigenvalue weighted by Crippen LogP contribution is 2.37. The van der Waals surface area contributed by atoms with Crippen molar-refractivity contribution in [3.63, 3.8) is 0 Å². The van der Waals surface area contributed by atoms with Crippen LogP contribution in [0.1, 0.15) is 22.7 Å². The Hall–Kier alpha value is -4.48. The number of sulfonamides is 1. The number of aliphatic hydroxyl groups is 2. The highest BCUT2D eigenvalue weighted by molar-refractivity contribution is 7.89. The highest BCUT2D eigenvalue weighted by Gasteiger charge is 2.44. The summed E-state index contributed by atoms with van der Waals surface area (Å²) < 4.78 is 116. The molecule has 1 fully saturated rings. The average molecular weight is 721 g/mol. The van der Waals surface area contributed by atoms with Crippen molar-refractivity contribution in [2.45, 2.75) is 48.1 Å². The molecule has 9 nitrogen and oxygen atoms in total. The molecule has 1 aromatic heterocycles. The van der Waals surface area contributed by atoms with E-state index >= 15 is 0 Å². The number of nitrogens with zero attached hydrogens (tertiary/aromatic N) is 2. The molecular formula is C34H30F6N4O5S. The summed E-state index contributed by atoms with van der Waals surface area (Å²) in [5.41, 5.74) is 0.726. The number of fused-ring (bicyclic) bond motifs is 1. The molecule has 0 unspecified atom stereocenters. The van der Waals surface area contributed by atoms with E-state index in [1.54, 1.807) is 0 Å². The van der Waals surface area contributed by atoms with Gasteiger partial charge in [0.1, 0.15) is 6.10 Å². The summed E-state index contributed by atoms with van der Waals surface area (Å²) in [4.78, 5) is 3.89. The predicted octanol–water partition coefficient (Wildman–Crippen LogP) is 5.99. The summed E-state index contributed by atoms with van der Waals surface area (Å²) in [5.74, 6) is 0.00352. The maximum atomic E-state index is 13.6. The van der Waals surface area contributed by atoms with Crippen molar-refractivity contribution in [3.8, 4) is 11.1 Å². The van der Waals surface area contributed by atoms with Crippen LogP contribution < -0.4 is 10.0 Å². The van der Waals surface area contributed by atoms with Crippen molar-refractivity contribution in [1.29, 1.82) is 0 Å². The zero-order valence-corrected chi connectivity index (χ0v) is 26.7. The molecule has 4 aromatic carbocycles. The van der Waals surface area contributed by atoms with Crippen LogP contribution in [0, 0.1) is 0 Å². The average Bonchev–Trinajstić information content (AvgIpc) is 3.45. The lowest BCUT2D eigenvalue weighted by Crippen LogP contribution is -2.57. The van der Waals surface area contributed by atoms with Gasteiger partial charge in [0.2, 0.25) is 16.0 Å². The minimum absolute atomic E-state index is 0.00352. The first-order chi connectivity index (χ1) is 23.7. The Morgan fingerprint density at radius 1 is 0.840 bits per heavy atom. The number of hydrogen-bond acceptors (Lipinski definition) is 7. The second-order valence-electron chi connectivity index (χ2n) is 11.7. The van der Waals surface area contributed by atoms with Gasteiger partial charge in [0.15, 0.2) is 0 Å². The van der Waals surface area contributed by atoms with E-state index in [1.165, 1.54) is 4.57 Å². The van der Waals surface area contributed by atoms with Gasteiger partial charge in [0.05, 0.1) is 58.5 Å². The zero-order valence-electron chi connectivity index (χ0n) is 25.9. The first kappa shape index (κ1) is 35.3. The van der Waals surface area contributed by atoms with Crippen molar-refractivity contribution in [2.24, 2.45) is 0 Å². The Balaban J connectivity index is 1.33. The topological polar surface area (TPSA) is 126 Å². The van der Waals surface area contributed by atoms with E-state index in [0.717, 1.165) is 47.0 Å². The van der Waals surface area contributed by atoms with Gasteiger partial charge in [-0.2, -0.15) is 26.3 Å². The van der Waals surface area contributed by atoms with Crippen LogP contribution in [0.5, 0.6) is 0 Å². The number of aliphatic hydroxyl groups excluding tert-OH is 2. The van der Waals surface area contributed by atoms with Gasteiger partial charge >= 0.3 is 12.4 Å². The lowest BCUT2D eigenvalue weighted by molar-refractivity contribution is -0.138. The standard InChI is InChI=1S/C34H30F6N4O5S/c35-33(36,37)23-10-13-25(14-11-23)50(47,48)43-27-19-49-29(18-45)30(31(27)46)44-28-15-12-24(34(38,39)40)16-26(28)42-32(44)41-17-20-6-8-22(9-7-20)21-4-2-1-3-5-21/h1-16,27,29-31,43,45-46H,17-19H2,(H,41,42)/t27-,29+,30-,31+/m0/s1. The molecule has 264 valence electrons. The fourth-order valence-electron chi connectivity index (χ4n) is 5.88. The van der Waals surface area contributed by atoms with Gasteiger partial charge in [0, 0.05) is 6.54 Å². The lowest BCUT2D eigenvalue weighted by atomic mass is 9.95. The number of nitrogens with one attached hydrogen (secondary N) is 2. The quantitative estimate of drug-likeness (QED) is 0.138. The first-order valence-electron chi connectivity index (χ1n) is 15.2. The van der Waals surface area contributed by atoms with Crippen molar-refractivity contribution in [3.05, 3.63) is 114 Å². The number of anilines is 1. The lowest BCUT2D eigenvalue weighted by Gasteiger charge is -2.41. The Bertz CT molecular complexity index is 2060. The summed E-state index contributed by atoms with van der Waals surface area (Å²) in [6.45, 7) is -0.965. The van der Waals surface area contributed by atoms with E-state index in [1.807, 2.05) is 54.6 Å². The third-order valence-corrected chi connectivity index (χ3v) is 9.94. The van der Waals surface area contributed by atoms with Crippen LogP contribution in [0.2, 0.25) is 0 Å². The second kappa shape index (κ2) is 13.7. The SMILES string of the molecule is O=S(=O)(N[C@H]1CO[C@H](CO)[C@H](n2c(NCc3ccc(-c4ccccc4)cc3)nc3cc(C(F)(F)F)ccc32)[C@@H]1O)c1ccc(C(F)(F)F)cc1. The van der Waals surface area contributed by atoms with Gasteiger partial charge in [-0.25, -0.2) is 18.1 Å². The normalized spacial score (nSPS) is 20.2. The smallest absolute Gasteiger partial charge is 0.394 e. The molecule has 2 heterocycles. The number of alkyl halides is 6. The summed E-state index contributed by atoms with van der Waals surface area (Å²) in [6.07, 6.45) is -12.2. The van der Waals surface area contributed by atoms with E-state index in [2.05, 4.69) is 15.0 Å². The van der Waals surface area contributed by atoms with Crippen LogP contribution in [0.15, 0.2) is 102 Å². The molecule has 16 heteroatoms. The molecule has 0 amide bonds. The third kappa shape index (κ3) is 7.34. The number of halogens is 6. The van der Waals surface area contributed by atoms with Gasteiger partial charge in [0.25, 0.3) is 0 Å². The predicted molar refractivity (Wildman–Crippen MR) is 171 cm³/mol. The molecule has 4 N–H and O–H groups in total. The van der Waals surface area contributed by atoms with Gasteiger partial charge in [-0.3, -0.25) is 0 Å². The Kier molecular flexibility index (Phi) is 9.67. The molecule has 0 saturated carbocycles. The Morgan fingerprint density at radius 2 is 1.46 bits per heavy atom.